The first-order chi connectivity index (χ1) is 24.4. The van der Waals surface area contributed by atoms with Crippen LogP contribution in [0, 0.1) is 0 Å². The lowest BCUT2D eigenvalue weighted by Gasteiger charge is -2.26. The van der Waals surface area contributed by atoms with Gasteiger partial charge in [0.15, 0.2) is 11.5 Å². The first-order valence-corrected chi connectivity index (χ1v) is 18.8. The zero-order chi connectivity index (χ0) is 35.2. The van der Waals surface area contributed by atoms with Crippen LogP contribution in [0.25, 0.3) is 6.08 Å². The molecule has 0 radical (unpaired) electrons. The highest BCUT2D eigenvalue weighted by Crippen LogP contribution is 2.34. The van der Waals surface area contributed by atoms with E-state index in [0.29, 0.717) is 18.1 Å². The molecular weight excluding hydrogens is 649 g/mol. The van der Waals surface area contributed by atoms with Gasteiger partial charge in [-0.1, -0.05) is 103 Å². The summed E-state index contributed by atoms with van der Waals surface area (Å²) < 4.78 is 46.6. The second kappa shape index (κ2) is 18.5. The van der Waals surface area contributed by atoms with E-state index in [4.69, 9.17) is 14.2 Å². The number of carbonyl (C=O) groups excluding carboxylic acids is 1. The average molecular weight is 697 g/mol. The highest BCUT2D eigenvalue weighted by atomic mass is 32.2. The predicted octanol–water partition coefficient (Wildman–Crippen LogP) is 7.10. The minimum Gasteiger partial charge on any atom is -0.493 e. The maximum atomic E-state index is 14.2. The number of benzene rings is 4. The summed E-state index contributed by atoms with van der Waals surface area (Å²) in [7, 11) is -1.14. The Morgan fingerprint density at radius 3 is 1.98 bits per heavy atom. The summed E-state index contributed by atoms with van der Waals surface area (Å²) in [5.41, 5.74) is 3.56. The molecule has 1 saturated heterocycles. The van der Waals surface area contributed by atoms with Crippen LogP contribution in [0.2, 0.25) is 0 Å². The lowest BCUT2D eigenvalue weighted by molar-refractivity contribution is -0.125. The van der Waals surface area contributed by atoms with Crippen LogP contribution in [-0.2, 0) is 32.4 Å². The summed E-state index contributed by atoms with van der Waals surface area (Å²) in [4.78, 5) is 14.2. The Balaban J connectivity index is 1.32. The van der Waals surface area contributed by atoms with Crippen LogP contribution in [0.15, 0.2) is 120 Å². The van der Waals surface area contributed by atoms with Crippen LogP contribution in [0.1, 0.15) is 48.8 Å². The van der Waals surface area contributed by atoms with Crippen molar-refractivity contribution in [3.05, 3.63) is 132 Å². The van der Waals surface area contributed by atoms with Gasteiger partial charge in [0, 0.05) is 25.1 Å². The minimum absolute atomic E-state index is 0.0276. The number of hydrogen-bond acceptors (Lipinski definition) is 6. The molecule has 1 aliphatic heterocycles. The molecule has 4 aromatic carbocycles. The van der Waals surface area contributed by atoms with E-state index < -0.39 is 22.2 Å². The SMILES string of the molecule is COc1ccc(S(=O)(=O)N2C[C@@H](OC/C=C/c3ccccc3)C[C@H]2C(=O)NC(CCCc2ccccc2)CCCc2ccccc2)cc1OC. The number of hydrogen-bond donors (Lipinski definition) is 1. The molecule has 4 aromatic rings. The molecule has 1 N–H and O–H groups in total. The molecule has 2 atom stereocenters. The molecule has 0 saturated carbocycles. The Labute approximate surface area is 297 Å². The molecule has 0 spiro atoms. The fraction of sp³-hybridized carbons (Fsp3) is 0.341. The van der Waals surface area contributed by atoms with Crippen molar-refractivity contribution in [2.75, 3.05) is 27.4 Å². The van der Waals surface area contributed by atoms with Crippen molar-refractivity contribution in [1.82, 2.24) is 9.62 Å². The van der Waals surface area contributed by atoms with Crippen LogP contribution in [-0.4, -0.2) is 64.2 Å². The Morgan fingerprint density at radius 1 is 0.820 bits per heavy atom. The molecule has 0 aliphatic carbocycles. The Bertz CT molecular complexity index is 1720. The third kappa shape index (κ3) is 10.3. The summed E-state index contributed by atoms with van der Waals surface area (Å²) in [5.74, 6) is 0.413. The van der Waals surface area contributed by atoms with E-state index in [1.807, 2.05) is 78.9 Å². The number of nitrogens with zero attached hydrogens (tertiary/aromatic N) is 1. The van der Waals surface area contributed by atoms with Crippen molar-refractivity contribution in [2.24, 2.45) is 0 Å². The van der Waals surface area contributed by atoms with Crippen molar-refractivity contribution in [3.63, 3.8) is 0 Å². The van der Waals surface area contributed by atoms with Crippen molar-refractivity contribution in [2.45, 2.75) is 68.0 Å². The molecule has 9 heteroatoms. The quantitative estimate of drug-likeness (QED) is 0.119. The van der Waals surface area contributed by atoms with Gasteiger partial charge in [0.2, 0.25) is 15.9 Å². The molecule has 264 valence electrons. The average Bonchev–Trinajstić information content (AvgIpc) is 3.60. The number of rotatable bonds is 18. The number of nitrogens with one attached hydrogen (secondary N) is 1. The van der Waals surface area contributed by atoms with Crippen LogP contribution >= 0.6 is 0 Å². The number of aryl methyl sites for hydroxylation is 2. The number of carbonyl (C=O) groups is 1. The molecule has 1 aliphatic rings. The maximum absolute atomic E-state index is 14.2. The molecule has 1 amide bonds. The van der Waals surface area contributed by atoms with E-state index in [1.165, 1.54) is 41.8 Å². The molecule has 0 bridgehead atoms. The van der Waals surface area contributed by atoms with Gasteiger partial charge < -0.3 is 19.5 Å². The first kappa shape index (κ1) is 36.8. The zero-order valence-electron chi connectivity index (χ0n) is 28.9. The van der Waals surface area contributed by atoms with Gasteiger partial charge in [0.05, 0.1) is 31.8 Å². The third-order valence-electron chi connectivity index (χ3n) is 9.09. The number of sulfonamides is 1. The van der Waals surface area contributed by atoms with Gasteiger partial charge >= 0.3 is 0 Å². The molecule has 5 rings (SSSR count). The molecule has 50 heavy (non-hydrogen) atoms. The van der Waals surface area contributed by atoms with Gasteiger partial charge in [-0.2, -0.15) is 4.31 Å². The number of ether oxygens (including phenoxy) is 3. The fourth-order valence-electron chi connectivity index (χ4n) is 6.43. The first-order valence-electron chi connectivity index (χ1n) is 17.3. The van der Waals surface area contributed by atoms with Crippen molar-refractivity contribution < 1.29 is 27.4 Å². The van der Waals surface area contributed by atoms with Crippen LogP contribution in [0.5, 0.6) is 11.5 Å². The third-order valence-corrected chi connectivity index (χ3v) is 11.0. The predicted molar refractivity (Wildman–Crippen MR) is 198 cm³/mol. The van der Waals surface area contributed by atoms with Gasteiger partial charge in [0.1, 0.15) is 6.04 Å². The van der Waals surface area contributed by atoms with Crippen molar-refractivity contribution in [3.8, 4) is 11.5 Å². The van der Waals surface area contributed by atoms with E-state index in [9.17, 15) is 13.2 Å². The van der Waals surface area contributed by atoms with Gasteiger partial charge in [-0.25, -0.2) is 8.42 Å². The molecule has 8 nitrogen and oxygen atoms in total. The summed E-state index contributed by atoms with van der Waals surface area (Å²) in [6.07, 6.45) is 8.84. The zero-order valence-corrected chi connectivity index (χ0v) is 29.8. The molecule has 1 heterocycles. The fourth-order valence-corrected chi connectivity index (χ4v) is 8.07. The van der Waals surface area contributed by atoms with Crippen LogP contribution in [0.4, 0.5) is 0 Å². The standard InChI is InChI=1S/C41H48N2O6S/c1-47-39-27-26-37(30-40(39)48-2)50(45,46)43-31-36(49-28-14-23-34-19-10-5-11-20-34)29-38(43)41(44)42-35(24-12-21-32-15-6-3-7-16-32)25-13-22-33-17-8-4-9-18-33/h3-11,14-20,23,26-27,30,35-36,38H,12-13,21-22,24-25,28-29,31H2,1-2H3,(H,42,44)/b23-14+/t36-,38-/m0/s1. The maximum Gasteiger partial charge on any atom is 0.244 e. The Morgan fingerprint density at radius 2 is 1.40 bits per heavy atom. The smallest absolute Gasteiger partial charge is 0.244 e. The highest BCUT2D eigenvalue weighted by Gasteiger charge is 2.45. The lowest BCUT2D eigenvalue weighted by Crippen LogP contribution is -2.48. The Hall–Kier alpha value is -4.44. The van der Waals surface area contributed by atoms with Crippen LogP contribution in [0.3, 0.4) is 0 Å². The van der Waals surface area contributed by atoms with Gasteiger partial charge in [-0.3, -0.25) is 4.79 Å². The highest BCUT2D eigenvalue weighted by molar-refractivity contribution is 7.89. The Kier molecular flexibility index (Phi) is 13.6. The molecule has 0 aromatic heterocycles. The van der Waals surface area contributed by atoms with E-state index in [-0.39, 0.29) is 29.8 Å². The summed E-state index contributed by atoms with van der Waals surface area (Å²) >= 11 is 0. The van der Waals surface area contributed by atoms with Crippen molar-refractivity contribution >= 4 is 22.0 Å². The number of methoxy groups -OCH3 is 2. The second-order valence-electron chi connectivity index (χ2n) is 12.6. The molecule has 1 fully saturated rings. The summed E-state index contributed by atoms with van der Waals surface area (Å²) in [6, 6.07) is 34.0. The van der Waals surface area contributed by atoms with Gasteiger partial charge in [-0.15, -0.1) is 0 Å². The van der Waals surface area contributed by atoms with E-state index >= 15 is 0 Å². The van der Waals surface area contributed by atoms with Crippen molar-refractivity contribution in [1.29, 1.82) is 0 Å². The van der Waals surface area contributed by atoms with Crippen LogP contribution < -0.4 is 14.8 Å². The topological polar surface area (TPSA) is 94.2 Å². The summed E-state index contributed by atoms with van der Waals surface area (Å²) in [5, 5.41) is 3.28. The summed E-state index contributed by atoms with van der Waals surface area (Å²) in [6.45, 7) is 0.348. The second-order valence-corrected chi connectivity index (χ2v) is 14.5. The molecular formula is C41H48N2O6S. The van der Waals surface area contributed by atoms with Gasteiger partial charge in [-0.05, 0) is 67.3 Å². The van der Waals surface area contributed by atoms with Gasteiger partial charge in [0.25, 0.3) is 0 Å². The van der Waals surface area contributed by atoms with E-state index in [2.05, 4.69) is 29.6 Å². The molecule has 0 unspecified atom stereocenters. The number of amides is 1. The minimum atomic E-state index is -4.10. The monoisotopic (exact) mass is 696 g/mol. The van der Waals surface area contributed by atoms with E-state index in [0.717, 1.165) is 44.1 Å². The lowest BCUT2D eigenvalue weighted by atomic mass is 9.98. The normalized spacial score (nSPS) is 16.5. The van der Waals surface area contributed by atoms with E-state index in [1.54, 1.807) is 6.07 Å². The largest absolute Gasteiger partial charge is 0.493 e.